The maximum atomic E-state index is 11.8. The molecule has 0 aliphatic rings. The Hall–Kier alpha value is -1.95. The smallest absolute Gasteiger partial charge is 0.222 e. The van der Waals surface area contributed by atoms with Gasteiger partial charge in [-0.2, -0.15) is 0 Å². The molecule has 2 amide bonds. The summed E-state index contributed by atoms with van der Waals surface area (Å²) in [7, 11) is 0. The lowest BCUT2D eigenvalue weighted by atomic mass is 9.96. The molecule has 6 N–H and O–H groups in total. The summed E-state index contributed by atoms with van der Waals surface area (Å²) in [6, 6.07) is 0. The van der Waals surface area contributed by atoms with E-state index in [0.717, 1.165) is 12.8 Å². The molecule has 0 bridgehead atoms. The normalized spacial score (nSPS) is 12.5. The van der Waals surface area contributed by atoms with Gasteiger partial charge >= 0.3 is 0 Å². The Kier molecular flexibility index (Phi) is 43.6. The van der Waals surface area contributed by atoms with Crippen LogP contribution in [0, 0.1) is 0 Å². The lowest BCUT2D eigenvalue weighted by Crippen LogP contribution is -2.48. The largest absolute Gasteiger partial charge is 0.379 e. The van der Waals surface area contributed by atoms with Crippen LogP contribution in [0.3, 0.4) is 0 Å². The average Bonchev–Trinajstić information content (AvgIpc) is 3.21. The first kappa shape index (κ1) is 55.0. The van der Waals surface area contributed by atoms with Gasteiger partial charge in [0.25, 0.3) is 0 Å². The Morgan fingerprint density at radius 2 is 0.754 bits per heavy atom. The number of aldehydes is 1. The summed E-state index contributed by atoms with van der Waals surface area (Å²) in [4.78, 5) is 34.1. The van der Waals surface area contributed by atoms with Gasteiger partial charge in [-0.15, -0.1) is 0 Å². The first-order valence-corrected chi connectivity index (χ1v) is 20.4. The Balaban J connectivity index is 3.15. The molecule has 0 rings (SSSR count). The lowest BCUT2D eigenvalue weighted by molar-refractivity contribution is -0.122. The van der Waals surface area contributed by atoms with Crippen molar-refractivity contribution in [3.8, 4) is 0 Å². The van der Waals surface area contributed by atoms with E-state index in [9.17, 15) is 14.4 Å². The minimum Gasteiger partial charge on any atom is -0.379 e. The van der Waals surface area contributed by atoms with Crippen molar-refractivity contribution in [3.63, 3.8) is 0 Å². The third-order valence-corrected chi connectivity index (χ3v) is 7.62. The number of unbranched alkanes of at least 4 members (excludes halogenated alkanes) is 1. The summed E-state index contributed by atoms with van der Waals surface area (Å²) in [6.45, 7) is 14.3. The second-order valence-electron chi connectivity index (χ2n) is 12.6. The van der Waals surface area contributed by atoms with Gasteiger partial charge in [0, 0.05) is 32.5 Å². The number of carbonyl (C=O) groups is 3. The fourth-order valence-corrected chi connectivity index (χ4v) is 4.37. The van der Waals surface area contributed by atoms with E-state index in [0.29, 0.717) is 197 Å². The number of ether oxygens (including phenoxy) is 12. The van der Waals surface area contributed by atoms with Gasteiger partial charge in [0.05, 0.1) is 164 Å². The molecule has 57 heavy (non-hydrogen) atoms. The number of nitrogens with one attached hydrogen (secondary N) is 2. The lowest BCUT2D eigenvalue weighted by Gasteiger charge is -2.20. The summed E-state index contributed by atoms with van der Waals surface area (Å²) in [6.07, 6.45) is 4.28. The van der Waals surface area contributed by atoms with Crippen molar-refractivity contribution >= 4 is 18.1 Å². The topological polar surface area (TPSA) is 238 Å². The molecule has 19 nitrogen and oxygen atoms in total. The van der Waals surface area contributed by atoms with Crippen LogP contribution in [0.4, 0.5) is 0 Å². The molecule has 0 aromatic rings. The van der Waals surface area contributed by atoms with Crippen LogP contribution in [0.15, 0.2) is 0 Å². The van der Waals surface area contributed by atoms with Crippen LogP contribution in [0.1, 0.15) is 45.4 Å². The van der Waals surface area contributed by atoms with E-state index < -0.39 is 5.54 Å². The van der Waals surface area contributed by atoms with Crippen LogP contribution in [0.2, 0.25) is 0 Å². The SMILES string of the molecule is CCCC(=O)NCCOCCOCCOCCOCCOCCOCCOCCOCCOCCOCCOCCOCCC(=O)NCCCC[C@](N)(C=O)CN. The summed E-state index contributed by atoms with van der Waals surface area (Å²) < 4.78 is 65.5. The second-order valence-corrected chi connectivity index (χ2v) is 12.6. The van der Waals surface area contributed by atoms with Gasteiger partial charge in [0.2, 0.25) is 11.8 Å². The Bertz CT molecular complexity index is 884. The fraction of sp³-hybridized carbons (Fsp3) is 0.921. The van der Waals surface area contributed by atoms with E-state index in [4.69, 9.17) is 68.3 Å². The van der Waals surface area contributed by atoms with Crippen molar-refractivity contribution in [2.75, 3.05) is 178 Å². The van der Waals surface area contributed by atoms with Crippen LogP contribution in [0.5, 0.6) is 0 Å². The number of hydrogen-bond donors (Lipinski definition) is 4. The summed E-state index contributed by atoms with van der Waals surface area (Å²) in [5.41, 5.74) is 10.3. The zero-order chi connectivity index (χ0) is 41.6. The molecule has 0 unspecified atom stereocenters. The fourth-order valence-electron chi connectivity index (χ4n) is 4.37. The number of hydrogen-bond acceptors (Lipinski definition) is 17. The molecule has 0 saturated heterocycles. The average molecular weight is 829 g/mol. The third-order valence-electron chi connectivity index (χ3n) is 7.62. The highest BCUT2D eigenvalue weighted by Gasteiger charge is 2.21. The van der Waals surface area contributed by atoms with Crippen molar-refractivity contribution in [1.82, 2.24) is 10.6 Å². The minimum atomic E-state index is -0.975. The predicted octanol–water partition coefficient (Wildman–Crippen LogP) is -0.366. The first-order valence-electron chi connectivity index (χ1n) is 20.4. The van der Waals surface area contributed by atoms with E-state index in [1.54, 1.807) is 0 Å². The Morgan fingerprint density at radius 1 is 0.456 bits per heavy atom. The van der Waals surface area contributed by atoms with Gasteiger partial charge in [-0.05, 0) is 25.7 Å². The van der Waals surface area contributed by atoms with Crippen molar-refractivity contribution in [2.45, 2.75) is 51.0 Å². The molecule has 0 spiro atoms. The number of carbonyl (C=O) groups excluding carboxylic acids is 3. The molecule has 0 aliphatic carbocycles. The number of nitrogens with two attached hydrogens (primary N) is 2. The van der Waals surface area contributed by atoms with Crippen molar-refractivity contribution in [3.05, 3.63) is 0 Å². The van der Waals surface area contributed by atoms with Gasteiger partial charge in [0.15, 0.2) is 0 Å². The maximum absolute atomic E-state index is 11.8. The van der Waals surface area contributed by atoms with Gasteiger partial charge in [-0.3, -0.25) is 9.59 Å². The van der Waals surface area contributed by atoms with Gasteiger partial charge in [0.1, 0.15) is 6.29 Å². The number of rotatable bonds is 48. The molecule has 19 heteroatoms. The van der Waals surface area contributed by atoms with Crippen LogP contribution >= 0.6 is 0 Å². The molecule has 0 heterocycles. The molecule has 0 radical (unpaired) electrons. The monoisotopic (exact) mass is 829 g/mol. The highest BCUT2D eigenvalue weighted by atomic mass is 16.6. The molecule has 0 saturated carbocycles. The predicted molar refractivity (Wildman–Crippen MR) is 211 cm³/mol. The zero-order valence-electron chi connectivity index (χ0n) is 34.7. The molecule has 338 valence electrons. The van der Waals surface area contributed by atoms with E-state index >= 15 is 0 Å². The van der Waals surface area contributed by atoms with Crippen molar-refractivity contribution in [2.24, 2.45) is 11.5 Å². The maximum Gasteiger partial charge on any atom is 0.222 e. The van der Waals surface area contributed by atoms with E-state index in [-0.39, 0.29) is 24.8 Å². The van der Waals surface area contributed by atoms with Crippen LogP contribution in [0.25, 0.3) is 0 Å². The highest BCUT2D eigenvalue weighted by molar-refractivity contribution is 5.76. The van der Waals surface area contributed by atoms with Gasteiger partial charge in [-0.1, -0.05) is 6.92 Å². The van der Waals surface area contributed by atoms with Crippen molar-refractivity contribution in [1.29, 1.82) is 0 Å². The molecule has 0 fully saturated rings. The third kappa shape index (κ3) is 43.5. The van der Waals surface area contributed by atoms with Crippen molar-refractivity contribution < 1.29 is 71.2 Å². The van der Waals surface area contributed by atoms with Gasteiger partial charge in [-0.25, -0.2) is 0 Å². The molecule has 0 aromatic carbocycles. The molecule has 0 aliphatic heterocycles. The molecular weight excluding hydrogens is 752 g/mol. The zero-order valence-corrected chi connectivity index (χ0v) is 34.7. The molecular formula is C38H76N4O15. The quantitative estimate of drug-likeness (QED) is 0.0452. The van der Waals surface area contributed by atoms with E-state index in [1.165, 1.54) is 0 Å². The molecule has 0 aromatic heterocycles. The summed E-state index contributed by atoms with van der Waals surface area (Å²) >= 11 is 0. The minimum absolute atomic E-state index is 0.0548. The Labute approximate surface area is 340 Å². The summed E-state index contributed by atoms with van der Waals surface area (Å²) in [5, 5.41) is 5.61. The van der Waals surface area contributed by atoms with Gasteiger partial charge < -0.3 is 83.7 Å². The van der Waals surface area contributed by atoms with Crippen LogP contribution < -0.4 is 22.1 Å². The standard InChI is InChI=1S/C38H76N4O15/c1-2-5-36(44)42-9-11-47-13-15-49-17-19-51-21-23-53-25-27-55-29-31-57-33-32-56-30-28-54-26-24-52-22-20-50-18-16-48-14-12-46-10-6-37(45)41-8-4-3-7-38(40,34-39)35-43/h35H,2-34,39-40H2,1H3,(H,41,45)(H,42,44)/t38-/m1/s1. The van der Waals surface area contributed by atoms with Crippen LogP contribution in [-0.4, -0.2) is 202 Å². The Morgan fingerprint density at radius 3 is 1.07 bits per heavy atom. The van der Waals surface area contributed by atoms with E-state index in [2.05, 4.69) is 10.6 Å². The highest BCUT2D eigenvalue weighted by Crippen LogP contribution is 2.07. The second kappa shape index (κ2) is 45.1. The number of amides is 2. The first-order chi connectivity index (χ1) is 28.0. The molecule has 1 atom stereocenters. The summed E-state index contributed by atoms with van der Waals surface area (Å²) in [5.74, 6) is -0.0316. The van der Waals surface area contributed by atoms with Crippen LogP contribution in [-0.2, 0) is 71.2 Å². The van der Waals surface area contributed by atoms with E-state index in [1.807, 2.05) is 6.92 Å².